The molecule has 0 radical (unpaired) electrons. The lowest BCUT2D eigenvalue weighted by Crippen LogP contribution is -1.81. The van der Waals surface area contributed by atoms with Crippen LogP contribution in [0.4, 0.5) is 0 Å². The second-order valence-electron chi connectivity index (χ2n) is 9.57. The van der Waals surface area contributed by atoms with E-state index in [0.717, 1.165) is 56.7 Å². The lowest BCUT2D eigenvalue weighted by atomic mass is 10.00. The van der Waals surface area contributed by atoms with Crippen LogP contribution < -0.4 is 0 Å². The van der Waals surface area contributed by atoms with Crippen LogP contribution in [-0.2, 0) is 12.8 Å². The van der Waals surface area contributed by atoms with E-state index >= 15 is 0 Å². The molecular formula is C34H26O2. The van der Waals surface area contributed by atoms with Crippen LogP contribution >= 0.6 is 0 Å². The largest absolute Gasteiger partial charge is 0.456 e. The maximum atomic E-state index is 6.30. The molecule has 36 heavy (non-hydrogen) atoms. The maximum Gasteiger partial charge on any atom is 0.136 e. The van der Waals surface area contributed by atoms with Gasteiger partial charge < -0.3 is 8.83 Å². The molecule has 0 spiro atoms. The van der Waals surface area contributed by atoms with E-state index < -0.39 is 0 Å². The van der Waals surface area contributed by atoms with Gasteiger partial charge in [-0.3, -0.25) is 0 Å². The molecule has 0 fully saturated rings. The molecule has 2 aromatic heterocycles. The third-order valence-corrected chi connectivity index (χ3v) is 7.45. The average molecular weight is 467 g/mol. The minimum atomic E-state index is 0.886. The van der Waals surface area contributed by atoms with Crippen molar-refractivity contribution < 1.29 is 8.83 Å². The summed E-state index contributed by atoms with van der Waals surface area (Å²) in [4.78, 5) is 0. The normalized spacial score (nSPS) is 11.8. The van der Waals surface area contributed by atoms with Gasteiger partial charge in [0.15, 0.2) is 0 Å². The molecule has 174 valence electrons. The van der Waals surface area contributed by atoms with Crippen molar-refractivity contribution in [3.8, 4) is 22.3 Å². The van der Waals surface area contributed by atoms with Crippen molar-refractivity contribution in [3.63, 3.8) is 0 Å². The smallest absolute Gasteiger partial charge is 0.136 e. The number of fused-ring (bicyclic) bond motifs is 6. The molecule has 0 amide bonds. The molecule has 2 heteroatoms. The number of aryl methyl sites for hydroxylation is 2. The lowest BCUT2D eigenvalue weighted by Gasteiger charge is -2.03. The Hall–Kier alpha value is -4.30. The number of hydrogen-bond acceptors (Lipinski definition) is 2. The van der Waals surface area contributed by atoms with Gasteiger partial charge >= 0.3 is 0 Å². The molecule has 0 aliphatic heterocycles. The van der Waals surface area contributed by atoms with Crippen molar-refractivity contribution in [1.82, 2.24) is 0 Å². The highest BCUT2D eigenvalue weighted by Gasteiger charge is 2.15. The predicted octanol–water partition coefficient (Wildman–Crippen LogP) is 9.94. The Bertz CT molecular complexity index is 1740. The third kappa shape index (κ3) is 3.33. The highest BCUT2D eigenvalue weighted by molar-refractivity contribution is 6.15. The minimum Gasteiger partial charge on any atom is -0.456 e. The number of furan rings is 2. The monoisotopic (exact) mass is 466 g/mol. The zero-order chi connectivity index (χ0) is 24.2. The molecule has 0 N–H and O–H groups in total. The fraction of sp³-hybridized carbons (Fsp3) is 0.118. The van der Waals surface area contributed by atoms with E-state index in [1.807, 2.05) is 0 Å². The number of hydrogen-bond donors (Lipinski definition) is 0. The van der Waals surface area contributed by atoms with E-state index in [2.05, 4.69) is 111 Å². The van der Waals surface area contributed by atoms with Crippen LogP contribution in [0.25, 0.3) is 66.1 Å². The Morgan fingerprint density at radius 3 is 1.14 bits per heavy atom. The zero-order valence-electron chi connectivity index (χ0n) is 20.5. The highest BCUT2D eigenvalue weighted by Crippen LogP contribution is 2.39. The van der Waals surface area contributed by atoms with Gasteiger partial charge in [-0.05, 0) is 82.6 Å². The predicted molar refractivity (Wildman–Crippen MR) is 151 cm³/mol. The molecule has 0 atom stereocenters. The molecule has 0 unspecified atom stereocenters. The Labute approximate surface area is 209 Å². The third-order valence-electron chi connectivity index (χ3n) is 7.45. The summed E-state index contributed by atoms with van der Waals surface area (Å²) in [6.45, 7) is 4.36. The summed E-state index contributed by atoms with van der Waals surface area (Å²) in [6, 6.07) is 34.8. The van der Waals surface area contributed by atoms with Gasteiger partial charge in [-0.2, -0.15) is 0 Å². The Balaban J connectivity index is 1.37. The van der Waals surface area contributed by atoms with Crippen molar-refractivity contribution in [2.45, 2.75) is 26.7 Å². The number of benzene rings is 5. The molecule has 0 saturated carbocycles. The molecule has 0 aliphatic carbocycles. The summed E-state index contributed by atoms with van der Waals surface area (Å²) in [5, 5.41) is 4.39. The van der Waals surface area contributed by atoms with Crippen LogP contribution in [0.3, 0.4) is 0 Å². The molecule has 5 aromatic carbocycles. The van der Waals surface area contributed by atoms with Crippen molar-refractivity contribution in [3.05, 3.63) is 108 Å². The van der Waals surface area contributed by atoms with Crippen molar-refractivity contribution in [1.29, 1.82) is 0 Å². The summed E-state index contributed by atoms with van der Waals surface area (Å²) in [6.07, 6.45) is 2.09. The quantitative estimate of drug-likeness (QED) is 0.258. The van der Waals surface area contributed by atoms with Crippen LogP contribution in [0, 0.1) is 0 Å². The molecule has 7 rings (SSSR count). The molecule has 0 saturated heterocycles. The first-order valence-electron chi connectivity index (χ1n) is 12.7. The van der Waals surface area contributed by atoms with Gasteiger partial charge in [0, 0.05) is 21.5 Å². The zero-order valence-corrected chi connectivity index (χ0v) is 20.5. The van der Waals surface area contributed by atoms with Gasteiger partial charge in [-0.25, -0.2) is 0 Å². The summed E-state index contributed by atoms with van der Waals surface area (Å²) < 4.78 is 12.6. The van der Waals surface area contributed by atoms with Crippen LogP contribution in [0.1, 0.15) is 25.0 Å². The lowest BCUT2D eigenvalue weighted by molar-refractivity contribution is 0.664. The first-order valence-corrected chi connectivity index (χ1v) is 12.7. The molecular weight excluding hydrogens is 440 g/mol. The van der Waals surface area contributed by atoms with Crippen molar-refractivity contribution in [2.75, 3.05) is 0 Å². The van der Waals surface area contributed by atoms with Gasteiger partial charge in [0.05, 0.1) is 0 Å². The van der Waals surface area contributed by atoms with E-state index in [-0.39, 0.29) is 0 Å². The Kier molecular flexibility index (Phi) is 4.75. The maximum absolute atomic E-state index is 6.30. The summed E-state index contributed by atoms with van der Waals surface area (Å²) in [5.41, 5.74) is 11.1. The van der Waals surface area contributed by atoms with Crippen LogP contribution in [-0.4, -0.2) is 0 Å². The van der Waals surface area contributed by atoms with E-state index in [0.29, 0.717) is 0 Å². The van der Waals surface area contributed by atoms with E-state index in [1.165, 1.54) is 33.4 Å². The van der Waals surface area contributed by atoms with Crippen molar-refractivity contribution in [2.24, 2.45) is 0 Å². The van der Waals surface area contributed by atoms with Gasteiger partial charge in [0.2, 0.25) is 0 Å². The van der Waals surface area contributed by atoms with Gasteiger partial charge in [0.25, 0.3) is 0 Å². The van der Waals surface area contributed by atoms with Crippen LogP contribution in [0.2, 0.25) is 0 Å². The fourth-order valence-corrected chi connectivity index (χ4v) is 5.27. The SMILES string of the molecule is CCc1ccc(-c2ccc3oc4cc5c(cc4c3c2)oc2ccc(-c3ccc(CC)cc3)cc25)cc1. The van der Waals surface area contributed by atoms with Gasteiger partial charge in [0.1, 0.15) is 22.3 Å². The van der Waals surface area contributed by atoms with Crippen molar-refractivity contribution >= 4 is 43.9 Å². The van der Waals surface area contributed by atoms with E-state index in [9.17, 15) is 0 Å². The fourth-order valence-electron chi connectivity index (χ4n) is 5.27. The molecule has 2 heterocycles. The van der Waals surface area contributed by atoms with Crippen LogP contribution in [0.15, 0.2) is 106 Å². The Morgan fingerprint density at radius 2 is 0.750 bits per heavy atom. The van der Waals surface area contributed by atoms with E-state index in [1.54, 1.807) is 0 Å². The molecule has 2 nitrogen and oxygen atoms in total. The topological polar surface area (TPSA) is 26.3 Å². The molecule has 0 bridgehead atoms. The first-order chi connectivity index (χ1) is 17.7. The highest BCUT2D eigenvalue weighted by atomic mass is 16.3. The average Bonchev–Trinajstić information content (AvgIpc) is 3.48. The summed E-state index contributed by atoms with van der Waals surface area (Å²) in [5.74, 6) is 0. The van der Waals surface area contributed by atoms with Gasteiger partial charge in [-0.15, -0.1) is 0 Å². The first kappa shape index (κ1) is 21.0. The summed E-state index contributed by atoms with van der Waals surface area (Å²) in [7, 11) is 0. The standard InChI is InChI=1S/C34H26O2/c1-3-21-5-9-23(10-6-21)25-13-15-31-27(17-25)29-19-34-30(20-33(29)35-31)28-18-26(14-16-32(28)36-34)24-11-7-22(4-2)8-12-24/h5-20H,3-4H2,1-2H3. The Morgan fingerprint density at radius 1 is 0.389 bits per heavy atom. The van der Waals surface area contributed by atoms with Crippen LogP contribution in [0.5, 0.6) is 0 Å². The van der Waals surface area contributed by atoms with E-state index in [4.69, 9.17) is 8.83 Å². The second kappa shape index (κ2) is 8.13. The second-order valence-corrected chi connectivity index (χ2v) is 9.57. The van der Waals surface area contributed by atoms with Gasteiger partial charge in [-0.1, -0.05) is 74.5 Å². The molecule has 7 aromatic rings. The molecule has 0 aliphatic rings. The minimum absolute atomic E-state index is 0.886. The number of rotatable bonds is 4. The summed E-state index contributed by atoms with van der Waals surface area (Å²) >= 11 is 0.